The van der Waals surface area contributed by atoms with Crippen LogP contribution < -0.4 is 19.7 Å². The molecule has 0 spiro atoms. The van der Waals surface area contributed by atoms with E-state index >= 15 is 0 Å². The zero-order valence-corrected chi connectivity index (χ0v) is 21.5. The predicted molar refractivity (Wildman–Crippen MR) is 142 cm³/mol. The Morgan fingerprint density at radius 3 is 2.69 bits per heavy atom. The quantitative estimate of drug-likeness (QED) is 0.415. The summed E-state index contributed by atoms with van der Waals surface area (Å²) < 4.78 is 12.0. The van der Waals surface area contributed by atoms with Crippen molar-refractivity contribution in [2.75, 3.05) is 64.6 Å². The number of H-pyrrole nitrogens is 1. The molecule has 1 aromatic carbocycles. The maximum absolute atomic E-state index is 11.9. The largest absolute Gasteiger partial charge is 0.494 e. The average Bonchev–Trinajstić information content (AvgIpc) is 3.36. The molecule has 0 saturated carbocycles. The molecule has 0 aliphatic carbocycles. The number of ether oxygens (including phenoxy) is 2. The Labute approximate surface area is 211 Å². The van der Waals surface area contributed by atoms with Crippen LogP contribution in [0.25, 0.3) is 11.0 Å². The van der Waals surface area contributed by atoms with Gasteiger partial charge in [-0.05, 0) is 38.4 Å². The van der Waals surface area contributed by atoms with E-state index < -0.39 is 0 Å². The molecule has 3 aromatic rings. The van der Waals surface area contributed by atoms with Gasteiger partial charge < -0.3 is 34.5 Å². The average molecular weight is 494 g/mol. The summed E-state index contributed by atoms with van der Waals surface area (Å²) in [5.41, 5.74) is 2.50. The Bertz CT molecular complexity index is 1200. The molecule has 10 nitrogen and oxygen atoms in total. The summed E-state index contributed by atoms with van der Waals surface area (Å²) in [6.07, 6.45) is 4.60. The Kier molecular flexibility index (Phi) is 7.94. The molecule has 0 unspecified atom stereocenters. The van der Waals surface area contributed by atoms with Gasteiger partial charge >= 0.3 is 0 Å². The molecule has 2 aromatic heterocycles. The van der Waals surface area contributed by atoms with E-state index in [2.05, 4.69) is 57.8 Å². The normalized spacial score (nSPS) is 14.2. The van der Waals surface area contributed by atoms with E-state index in [9.17, 15) is 4.79 Å². The predicted octanol–water partition coefficient (Wildman–Crippen LogP) is 3.26. The van der Waals surface area contributed by atoms with Crippen LogP contribution in [-0.4, -0.2) is 91.2 Å². The SMILES string of the molecule is C=CC(=O)N1CCC(Oc2nc(Nc3ccc(N(C)CCN(C)C)cc3OC)nc3[nH]ccc23)CC1. The summed E-state index contributed by atoms with van der Waals surface area (Å²) in [6.45, 7) is 6.69. The summed E-state index contributed by atoms with van der Waals surface area (Å²) in [7, 11) is 7.84. The van der Waals surface area contributed by atoms with Crippen LogP contribution in [0.5, 0.6) is 11.6 Å². The molecule has 1 fully saturated rings. The van der Waals surface area contributed by atoms with Crippen LogP contribution in [-0.2, 0) is 4.79 Å². The van der Waals surface area contributed by atoms with Crippen molar-refractivity contribution in [3.8, 4) is 11.6 Å². The molecule has 4 rings (SSSR count). The van der Waals surface area contributed by atoms with Crippen molar-refractivity contribution in [3.05, 3.63) is 43.1 Å². The standard InChI is InChI=1S/C26H35N7O3/c1-6-23(34)33-13-10-19(11-14-33)36-25-20-9-12-27-24(20)29-26(30-25)28-21-8-7-18(17-22(21)35-5)32(4)16-15-31(2)3/h6-9,12,17,19H,1,10-11,13-16H2,2-5H3,(H2,27,28,29,30). The van der Waals surface area contributed by atoms with Gasteiger partial charge in [0.05, 0.1) is 18.2 Å². The van der Waals surface area contributed by atoms with Crippen molar-refractivity contribution < 1.29 is 14.3 Å². The Morgan fingerprint density at radius 2 is 2.00 bits per heavy atom. The fourth-order valence-electron chi connectivity index (χ4n) is 4.16. The van der Waals surface area contributed by atoms with E-state index in [1.54, 1.807) is 12.0 Å². The van der Waals surface area contributed by atoms with Crippen LogP contribution in [0.4, 0.5) is 17.3 Å². The number of hydrogen-bond donors (Lipinski definition) is 2. The fourth-order valence-corrected chi connectivity index (χ4v) is 4.16. The first-order valence-electron chi connectivity index (χ1n) is 12.1. The number of likely N-dealkylation sites (N-methyl/N-ethyl adjacent to an activating group) is 2. The third kappa shape index (κ3) is 5.88. The molecule has 1 amide bonds. The number of anilines is 3. The number of hydrogen-bond acceptors (Lipinski definition) is 8. The van der Waals surface area contributed by atoms with E-state index in [1.807, 2.05) is 30.5 Å². The molecule has 1 aliphatic rings. The third-order valence-corrected chi connectivity index (χ3v) is 6.34. The van der Waals surface area contributed by atoms with Crippen molar-refractivity contribution in [2.24, 2.45) is 0 Å². The van der Waals surface area contributed by atoms with Gasteiger partial charge in [-0.3, -0.25) is 4.79 Å². The minimum Gasteiger partial charge on any atom is -0.494 e. The molecular formula is C26H35N7O3. The lowest BCUT2D eigenvalue weighted by Crippen LogP contribution is -2.41. The number of piperidine rings is 1. The topological polar surface area (TPSA) is 98.9 Å². The molecule has 3 heterocycles. The number of likely N-dealkylation sites (tertiary alicyclic amines) is 1. The van der Waals surface area contributed by atoms with Crippen LogP contribution in [0, 0.1) is 0 Å². The van der Waals surface area contributed by atoms with Crippen LogP contribution >= 0.6 is 0 Å². The number of aromatic nitrogens is 3. The first kappa shape index (κ1) is 25.3. The molecule has 0 radical (unpaired) electrons. The number of fused-ring (bicyclic) bond motifs is 1. The fraction of sp³-hybridized carbons (Fsp3) is 0.423. The minimum atomic E-state index is -0.0427. The molecule has 10 heteroatoms. The second-order valence-electron chi connectivity index (χ2n) is 9.17. The monoisotopic (exact) mass is 493 g/mol. The Balaban J connectivity index is 1.51. The Hall–Kier alpha value is -3.79. The lowest BCUT2D eigenvalue weighted by molar-refractivity contribution is -0.127. The first-order chi connectivity index (χ1) is 17.4. The van der Waals surface area contributed by atoms with E-state index in [4.69, 9.17) is 9.47 Å². The lowest BCUT2D eigenvalue weighted by Gasteiger charge is -2.31. The maximum Gasteiger partial charge on any atom is 0.245 e. The molecule has 0 atom stereocenters. The number of benzene rings is 1. The van der Waals surface area contributed by atoms with Gasteiger partial charge in [-0.2, -0.15) is 9.97 Å². The minimum absolute atomic E-state index is 0.0359. The van der Waals surface area contributed by atoms with Crippen molar-refractivity contribution in [1.82, 2.24) is 24.8 Å². The second kappa shape index (κ2) is 11.3. The highest BCUT2D eigenvalue weighted by molar-refractivity contribution is 5.87. The summed E-state index contributed by atoms with van der Waals surface area (Å²) in [6, 6.07) is 7.92. The van der Waals surface area contributed by atoms with Gasteiger partial charge in [0.15, 0.2) is 0 Å². The number of aromatic amines is 1. The number of carbonyl (C=O) groups is 1. The van der Waals surface area contributed by atoms with Gasteiger partial charge in [-0.15, -0.1) is 0 Å². The van der Waals surface area contributed by atoms with Gasteiger partial charge in [-0.1, -0.05) is 6.58 Å². The van der Waals surface area contributed by atoms with Crippen molar-refractivity contribution in [3.63, 3.8) is 0 Å². The van der Waals surface area contributed by atoms with Crippen molar-refractivity contribution >= 4 is 34.3 Å². The van der Waals surface area contributed by atoms with Gasteiger partial charge in [0.25, 0.3) is 0 Å². The second-order valence-corrected chi connectivity index (χ2v) is 9.17. The molecule has 2 N–H and O–H groups in total. The van der Waals surface area contributed by atoms with E-state index in [-0.39, 0.29) is 12.0 Å². The number of rotatable bonds is 10. The third-order valence-electron chi connectivity index (χ3n) is 6.34. The highest BCUT2D eigenvalue weighted by Gasteiger charge is 2.24. The van der Waals surface area contributed by atoms with Crippen LogP contribution in [0.2, 0.25) is 0 Å². The van der Waals surface area contributed by atoms with E-state index in [0.29, 0.717) is 36.3 Å². The molecule has 0 bridgehead atoms. The zero-order valence-electron chi connectivity index (χ0n) is 21.5. The summed E-state index contributed by atoms with van der Waals surface area (Å²) >= 11 is 0. The molecule has 192 valence electrons. The molecule has 1 aliphatic heterocycles. The summed E-state index contributed by atoms with van der Waals surface area (Å²) in [5, 5.41) is 4.11. The zero-order chi connectivity index (χ0) is 25.7. The number of nitrogens with zero attached hydrogens (tertiary/aromatic N) is 5. The number of carbonyl (C=O) groups excluding carboxylic acids is 1. The first-order valence-corrected chi connectivity index (χ1v) is 12.1. The Morgan fingerprint density at radius 1 is 1.22 bits per heavy atom. The van der Waals surface area contributed by atoms with Crippen molar-refractivity contribution in [2.45, 2.75) is 18.9 Å². The van der Waals surface area contributed by atoms with E-state index in [0.717, 1.165) is 42.7 Å². The number of nitrogens with one attached hydrogen (secondary N) is 2. The van der Waals surface area contributed by atoms with Crippen LogP contribution in [0.1, 0.15) is 12.8 Å². The number of methoxy groups -OCH3 is 1. The van der Waals surface area contributed by atoms with Gasteiger partial charge in [0.2, 0.25) is 17.7 Å². The number of amides is 1. The van der Waals surface area contributed by atoms with Gasteiger partial charge in [0, 0.05) is 64.0 Å². The molecule has 1 saturated heterocycles. The highest BCUT2D eigenvalue weighted by atomic mass is 16.5. The van der Waals surface area contributed by atoms with E-state index in [1.165, 1.54) is 6.08 Å². The van der Waals surface area contributed by atoms with Gasteiger partial charge in [-0.25, -0.2) is 0 Å². The van der Waals surface area contributed by atoms with Crippen LogP contribution in [0.15, 0.2) is 43.1 Å². The van der Waals surface area contributed by atoms with Gasteiger partial charge in [0.1, 0.15) is 17.5 Å². The van der Waals surface area contributed by atoms with Crippen LogP contribution in [0.3, 0.4) is 0 Å². The van der Waals surface area contributed by atoms with Crippen molar-refractivity contribution in [1.29, 1.82) is 0 Å². The smallest absolute Gasteiger partial charge is 0.245 e. The highest BCUT2D eigenvalue weighted by Crippen LogP contribution is 2.33. The summed E-state index contributed by atoms with van der Waals surface area (Å²) in [4.78, 5) is 30.5. The summed E-state index contributed by atoms with van der Waals surface area (Å²) in [5.74, 6) is 1.57. The molecular weight excluding hydrogens is 458 g/mol. The maximum atomic E-state index is 11.9. The lowest BCUT2D eigenvalue weighted by atomic mass is 10.1. The molecule has 36 heavy (non-hydrogen) atoms.